The molecule has 2 aromatic rings. The largest absolute Gasteiger partial charge is 0.352 e. The van der Waals surface area contributed by atoms with Gasteiger partial charge in [0.05, 0.1) is 11.9 Å². The van der Waals surface area contributed by atoms with Gasteiger partial charge in [0.2, 0.25) is 21.8 Å². The van der Waals surface area contributed by atoms with Gasteiger partial charge in [-0.05, 0) is 55.0 Å². The monoisotopic (exact) mass is 581 g/mol. The number of amides is 2. The molecular weight excluding hydrogens is 545 g/mol. The summed E-state index contributed by atoms with van der Waals surface area (Å²) in [5.41, 5.74) is 1.86. The lowest BCUT2D eigenvalue weighted by Crippen LogP contribution is -2.53. The Balaban J connectivity index is 1.94. The maximum Gasteiger partial charge on any atom is 0.244 e. The molecule has 1 atom stereocenters. The van der Waals surface area contributed by atoms with Gasteiger partial charge in [0, 0.05) is 22.6 Å². The van der Waals surface area contributed by atoms with Gasteiger partial charge in [-0.1, -0.05) is 80.6 Å². The van der Waals surface area contributed by atoms with E-state index in [2.05, 4.69) is 5.32 Å². The first kappa shape index (κ1) is 30.3. The van der Waals surface area contributed by atoms with E-state index in [1.165, 1.54) is 4.90 Å². The van der Waals surface area contributed by atoms with Gasteiger partial charge in [0.1, 0.15) is 12.6 Å². The van der Waals surface area contributed by atoms with Gasteiger partial charge in [-0.3, -0.25) is 13.9 Å². The number of halogens is 2. The number of hydrogen-bond donors (Lipinski definition) is 1. The highest BCUT2D eigenvalue weighted by molar-refractivity contribution is 7.92. The number of rotatable bonds is 10. The van der Waals surface area contributed by atoms with E-state index in [0.717, 1.165) is 48.2 Å². The molecule has 208 valence electrons. The number of carbonyl (C=O) groups excluding carboxylic acids is 2. The Morgan fingerprint density at radius 2 is 1.68 bits per heavy atom. The minimum Gasteiger partial charge on any atom is -0.352 e. The normalized spacial score (nSPS) is 15.2. The third-order valence-electron chi connectivity index (χ3n) is 6.98. The number of benzene rings is 2. The Hall–Kier alpha value is -2.29. The average molecular weight is 583 g/mol. The second-order valence-electron chi connectivity index (χ2n) is 10.3. The molecule has 1 aliphatic rings. The summed E-state index contributed by atoms with van der Waals surface area (Å²) >= 11 is 12.5. The lowest BCUT2D eigenvalue weighted by molar-refractivity contribution is -0.139. The molecule has 1 fully saturated rings. The van der Waals surface area contributed by atoms with Gasteiger partial charge in [-0.15, -0.1) is 0 Å². The van der Waals surface area contributed by atoms with E-state index in [-0.39, 0.29) is 24.4 Å². The Labute approximate surface area is 236 Å². The molecule has 2 aromatic carbocycles. The molecule has 1 aliphatic carbocycles. The van der Waals surface area contributed by atoms with Crippen molar-refractivity contribution in [3.05, 3.63) is 63.6 Å². The predicted octanol–water partition coefficient (Wildman–Crippen LogP) is 5.75. The van der Waals surface area contributed by atoms with E-state index in [9.17, 15) is 18.0 Å². The first-order chi connectivity index (χ1) is 17.9. The van der Waals surface area contributed by atoms with Crippen molar-refractivity contribution in [2.24, 2.45) is 0 Å². The van der Waals surface area contributed by atoms with E-state index in [1.54, 1.807) is 37.3 Å². The van der Waals surface area contributed by atoms with Crippen LogP contribution < -0.4 is 9.62 Å². The summed E-state index contributed by atoms with van der Waals surface area (Å²) in [6.07, 6.45) is 6.16. The third-order valence-corrected chi connectivity index (χ3v) is 8.69. The van der Waals surface area contributed by atoms with E-state index >= 15 is 0 Å². The summed E-state index contributed by atoms with van der Waals surface area (Å²) in [6, 6.07) is 11.3. The van der Waals surface area contributed by atoms with Crippen LogP contribution in [0.5, 0.6) is 0 Å². The van der Waals surface area contributed by atoms with E-state index in [0.29, 0.717) is 21.3 Å². The quantitative estimate of drug-likeness (QED) is 0.387. The van der Waals surface area contributed by atoms with Gasteiger partial charge >= 0.3 is 0 Å². The number of nitrogens with one attached hydrogen (secondary N) is 1. The fraction of sp³-hybridized carbons (Fsp3) is 0.500. The summed E-state index contributed by atoms with van der Waals surface area (Å²) in [7, 11) is -3.82. The van der Waals surface area contributed by atoms with Crippen LogP contribution in [0.1, 0.15) is 69.9 Å². The number of carbonyl (C=O) groups is 2. The molecule has 0 spiro atoms. The Morgan fingerprint density at radius 1 is 1.03 bits per heavy atom. The standard InChI is InChI=1S/C28H37Cl2N3O4S/c1-19(2)24-12-8-9-13-26(24)33(38(4,36)37)18-27(34)32(17-21-14-15-22(29)16-25(21)30)20(3)28(35)31-23-10-6-5-7-11-23/h8-9,12-16,19-20,23H,5-7,10-11,17-18H2,1-4H3,(H,31,35). The van der Waals surface area contributed by atoms with Crippen molar-refractivity contribution in [1.82, 2.24) is 10.2 Å². The van der Waals surface area contributed by atoms with Crippen LogP contribution in [-0.4, -0.2) is 50.0 Å². The molecule has 0 saturated heterocycles. The molecule has 0 radical (unpaired) electrons. The van der Waals surface area contributed by atoms with E-state index in [4.69, 9.17) is 23.2 Å². The molecule has 0 heterocycles. The molecule has 10 heteroatoms. The Kier molecular flexibility index (Phi) is 10.5. The predicted molar refractivity (Wildman–Crippen MR) is 154 cm³/mol. The number of para-hydroxylation sites is 1. The van der Waals surface area contributed by atoms with Crippen LogP contribution in [0.25, 0.3) is 0 Å². The molecule has 0 bridgehead atoms. The minimum absolute atomic E-state index is 0.0253. The molecular formula is C28H37Cl2N3O4S. The fourth-order valence-electron chi connectivity index (χ4n) is 4.78. The molecule has 7 nitrogen and oxygen atoms in total. The van der Waals surface area contributed by atoms with Crippen molar-refractivity contribution in [3.8, 4) is 0 Å². The zero-order valence-corrected chi connectivity index (χ0v) is 24.7. The van der Waals surface area contributed by atoms with Crippen LogP contribution in [-0.2, 0) is 26.2 Å². The summed E-state index contributed by atoms with van der Waals surface area (Å²) in [4.78, 5) is 28.5. The van der Waals surface area contributed by atoms with Crippen LogP contribution in [0.2, 0.25) is 10.0 Å². The molecule has 3 rings (SSSR count). The highest BCUT2D eigenvalue weighted by Gasteiger charge is 2.32. The van der Waals surface area contributed by atoms with Crippen LogP contribution in [0.15, 0.2) is 42.5 Å². The third kappa shape index (κ3) is 7.87. The minimum atomic E-state index is -3.82. The van der Waals surface area contributed by atoms with E-state index in [1.807, 2.05) is 26.0 Å². The lowest BCUT2D eigenvalue weighted by atomic mass is 9.95. The number of sulfonamides is 1. The maximum atomic E-state index is 13.8. The van der Waals surface area contributed by atoms with Crippen molar-refractivity contribution >= 4 is 50.7 Å². The summed E-state index contributed by atoms with van der Waals surface area (Å²) in [5, 5.41) is 3.90. The van der Waals surface area contributed by atoms with Gasteiger partial charge in [-0.25, -0.2) is 8.42 Å². The van der Waals surface area contributed by atoms with Crippen LogP contribution in [0, 0.1) is 0 Å². The molecule has 0 aromatic heterocycles. The molecule has 1 N–H and O–H groups in total. The second kappa shape index (κ2) is 13.2. The van der Waals surface area contributed by atoms with Gasteiger partial charge < -0.3 is 10.2 Å². The van der Waals surface area contributed by atoms with Crippen LogP contribution in [0.4, 0.5) is 5.69 Å². The second-order valence-corrected chi connectivity index (χ2v) is 13.0. The first-order valence-electron chi connectivity index (χ1n) is 13.0. The van der Waals surface area contributed by atoms with E-state index < -0.39 is 28.5 Å². The summed E-state index contributed by atoms with van der Waals surface area (Å²) < 4.78 is 27.0. The highest BCUT2D eigenvalue weighted by atomic mass is 35.5. The molecule has 0 aliphatic heterocycles. The van der Waals surface area contributed by atoms with Gasteiger partial charge in [0.15, 0.2) is 0 Å². The number of nitrogens with zero attached hydrogens (tertiary/aromatic N) is 2. The smallest absolute Gasteiger partial charge is 0.244 e. The molecule has 38 heavy (non-hydrogen) atoms. The highest BCUT2D eigenvalue weighted by Crippen LogP contribution is 2.30. The zero-order valence-electron chi connectivity index (χ0n) is 22.4. The lowest BCUT2D eigenvalue weighted by Gasteiger charge is -2.33. The number of anilines is 1. The van der Waals surface area contributed by atoms with Gasteiger partial charge in [-0.2, -0.15) is 0 Å². The van der Waals surface area contributed by atoms with Crippen molar-refractivity contribution in [2.45, 2.75) is 77.4 Å². The Morgan fingerprint density at radius 3 is 2.29 bits per heavy atom. The summed E-state index contributed by atoms with van der Waals surface area (Å²) in [6.45, 7) is 5.17. The molecule has 1 unspecified atom stereocenters. The van der Waals surface area contributed by atoms with Crippen molar-refractivity contribution in [2.75, 3.05) is 17.1 Å². The molecule has 1 saturated carbocycles. The topological polar surface area (TPSA) is 86.8 Å². The van der Waals surface area contributed by atoms with Crippen molar-refractivity contribution < 1.29 is 18.0 Å². The van der Waals surface area contributed by atoms with Crippen molar-refractivity contribution in [3.63, 3.8) is 0 Å². The maximum absolute atomic E-state index is 13.8. The molecule has 2 amide bonds. The fourth-order valence-corrected chi connectivity index (χ4v) is 6.12. The number of hydrogen-bond acceptors (Lipinski definition) is 4. The zero-order chi connectivity index (χ0) is 28.0. The van der Waals surface area contributed by atoms with Crippen LogP contribution >= 0.6 is 23.2 Å². The van der Waals surface area contributed by atoms with Crippen molar-refractivity contribution in [1.29, 1.82) is 0 Å². The summed E-state index contributed by atoms with van der Waals surface area (Å²) in [5.74, 6) is -0.746. The van der Waals surface area contributed by atoms with Gasteiger partial charge in [0.25, 0.3) is 0 Å². The average Bonchev–Trinajstić information content (AvgIpc) is 2.86. The first-order valence-corrected chi connectivity index (χ1v) is 15.6. The van der Waals surface area contributed by atoms with Crippen LogP contribution in [0.3, 0.4) is 0 Å². The Bertz CT molecular complexity index is 1250. The SMILES string of the molecule is CC(C)c1ccccc1N(CC(=O)N(Cc1ccc(Cl)cc1Cl)C(C)C(=O)NC1CCCCC1)S(C)(=O)=O.